The topological polar surface area (TPSA) is 132 Å². The van der Waals surface area contributed by atoms with Gasteiger partial charge in [0.2, 0.25) is 11.8 Å². The van der Waals surface area contributed by atoms with Crippen molar-refractivity contribution in [2.75, 3.05) is 54.5 Å². The van der Waals surface area contributed by atoms with Crippen LogP contribution in [-0.4, -0.2) is 117 Å². The van der Waals surface area contributed by atoms with Crippen LogP contribution in [0.4, 0.5) is 0 Å². The number of hydrogen-bond donors (Lipinski definition) is 2. The number of aromatic nitrogens is 2. The molecule has 2 saturated heterocycles. The first-order chi connectivity index (χ1) is 28.9. The molecule has 6 heterocycles. The van der Waals surface area contributed by atoms with Crippen molar-refractivity contribution >= 4 is 24.0 Å². The SMILES string of the molecule is C/C=C/c1ccc2n(c1=O)C[C@@H]1[C@@H](CO)[C@H](C(=O)N(C)C)N(CC3CCCCC3)[C@H]21.C/C=C\c1ccc2n(c1=O)C[C@@H]1[C@@H](CO)[C@H](C(=O)N(C)C)N(CC3CCCCC3)[C@H]21. The van der Waals surface area contributed by atoms with Gasteiger partial charge in [0, 0.05) is 114 Å². The Balaban J connectivity index is 0.000000181. The molecule has 6 aliphatic rings. The summed E-state index contributed by atoms with van der Waals surface area (Å²) < 4.78 is 3.77. The average molecular weight is 827 g/mol. The molecule has 12 heteroatoms. The van der Waals surface area contributed by atoms with E-state index in [9.17, 15) is 29.4 Å². The van der Waals surface area contributed by atoms with Crippen LogP contribution in [-0.2, 0) is 22.7 Å². The maximum atomic E-state index is 13.2. The van der Waals surface area contributed by atoms with Crippen LogP contribution in [0.2, 0.25) is 0 Å². The lowest BCUT2D eigenvalue weighted by molar-refractivity contribution is -0.136. The van der Waals surface area contributed by atoms with E-state index in [4.69, 9.17) is 0 Å². The van der Waals surface area contributed by atoms with Gasteiger partial charge in [-0.25, -0.2) is 0 Å². The highest BCUT2D eigenvalue weighted by atomic mass is 16.3. The van der Waals surface area contributed by atoms with Crippen molar-refractivity contribution in [3.8, 4) is 0 Å². The third-order valence-electron chi connectivity index (χ3n) is 14.9. The fraction of sp³-hybridized carbons (Fsp3) is 0.667. The van der Waals surface area contributed by atoms with E-state index < -0.39 is 0 Å². The van der Waals surface area contributed by atoms with E-state index in [0.717, 1.165) is 24.5 Å². The number of aliphatic hydroxyl groups excluding tert-OH is 2. The van der Waals surface area contributed by atoms with Gasteiger partial charge in [-0.1, -0.05) is 62.8 Å². The smallest absolute Gasteiger partial charge is 0.258 e. The van der Waals surface area contributed by atoms with Crippen molar-refractivity contribution < 1.29 is 19.8 Å². The van der Waals surface area contributed by atoms with Gasteiger partial charge in [-0.05, 0) is 75.6 Å². The monoisotopic (exact) mass is 827 g/mol. The second-order valence-electron chi connectivity index (χ2n) is 18.9. The van der Waals surface area contributed by atoms with Gasteiger partial charge in [-0.2, -0.15) is 0 Å². The number of fused-ring (bicyclic) bond motifs is 6. The van der Waals surface area contributed by atoms with Crippen LogP contribution in [0.1, 0.15) is 113 Å². The van der Waals surface area contributed by atoms with Crippen molar-refractivity contribution in [1.82, 2.24) is 28.7 Å². The van der Waals surface area contributed by atoms with Crippen LogP contribution in [0.3, 0.4) is 0 Å². The molecule has 0 spiro atoms. The van der Waals surface area contributed by atoms with Gasteiger partial charge in [0.1, 0.15) is 0 Å². The maximum Gasteiger partial charge on any atom is 0.258 e. The molecule has 60 heavy (non-hydrogen) atoms. The van der Waals surface area contributed by atoms with E-state index in [1.165, 1.54) is 64.2 Å². The molecule has 12 nitrogen and oxygen atoms in total. The number of aliphatic hydroxyl groups is 2. The van der Waals surface area contributed by atoms with Crippen LogP contribution >= 0.6 is 0 Å². The number of rotatable bonds is 10. The van der Waals surface area contributed by atoms with Crippen LogP contribution < -0.4 is 11.1 Å². The van der Waals surface area contributed by atoms with Crippen molar-refractivity contribution in [2.24, 2.45) is 35.5 Å². The highest BCUT2D eigenvalue weighted by Gasteiger charge is 2.57. The van der Waals surface area contributed by atoms with Gasteiger partial charge in [0.15, 0.2) is 0 Å². The maximum absolute atomic E-state index is 13.2. The summed E-state index contributed by atoms with van der Waals surface area (Å²) in [7, 11) is 7.19. The van der Waals surface area contributed by atoms with Crippen molar-refractivity contribution in [1.29, 1.82) is 0 Å². The van der Waals surface area contributed by atoms with Gasteiger partial charge < -0.3 is 29.1 Å². The largest absolute Gasteiger partial charge is 0.396 e. The minimum atomic E-state index is -0.319. The zero-order valence-electron chi connectivity index (χ0n) is 36.9. The van der Waals surface area contributed by atoms with Gasteiger partial charge in [-0.3, -0.25) is 29.0 Å². The molecule has 2 saturated carbocycles. The Bertz CT molecular complexity index is 1880. The first kappa shape index (κ1) is 44.2. The summed E-state index contributed by atoms with van der Waals surface area (Å²) in [6.45, 7) is 6.66. The Morgan fingerprint density at radius 2 is 0.983 bits per heavy atom. The van der Waals surface area contributed by atoms with Crippen LogP contribution in [0.25, 0.3) is 12.2 Å². The molecule has 2 N–H and O–H groups in total. The molecule has 0 aromatic carbocycles. The second-order valence-corrected chi connectivity index (χ2v) is 18.9. The average Bonchev–Trinajstić information content (AvgIpc) is 3.98. The third-order valence-corrected chi connectivity index (χ3v) is 14.9. The number of carbonyl (C=O) groups is 2. The number of amides is 2. The Morgan fingerprint density at radius 1 is 0.617 bits per heavy atom. The second kappa shape index (κ2) is 19.1. The van der Waals surface area contributed by atoms with E-state index >= 15 is 0 Å². The predicted octanol–water partition coefficient (Wildman–Crippen LogP) is 5.03. The summed E-state index contributed by atoms with van der Waals surface area (Å²) >= 11 is 0. The van der Waals surface area contributed by atoms with Crippen LogP contribution in [0, 0.1) is 35.5 Å². The highest BCUT2D eigenvalue weighted by molar-refractivity contribution is 5.83. The number of allylic oxidation sites excluding steroid dienone is 2. The molecule has 8 rings (SSSR count). The lowest BCUT2D eigenvalue weighted by Gasteiger charge is -2.36. The molecular weight excluding hydrogens is 757 g/mol. The van der Waals surface area contributed by atoms with E-state index in [1.54, 1.807) is 38.0 Å². The summed E-state index contributed by atoms with van der Waals surface area (Å²) in [4.78, 5) is 60.5. The minimum absolute atomic E-state index is 0.0188. The van der Waals surface area contributed by atoms with E-state index in [0.29, 0.717) is 36.1 Å². The number of hydrogen-bond acceptors (Lipinski definition) is 8. The molecule has 4 aliphatic heterocycles. The Labute approximate surface area is 356 Å². The minimum Gasteiger partial charge on any atom is -0.396 e. The first-order valence-corrected chi connectivity index (χ1v) is 22.8. The fourth-order valence-electron chi connectivity index (χ4n) is 12.1. The lowest BCUT2D eigenvalue weighted by Crippen LogP contribution is -2.49. The molecular formula is C48H70N6O6. The van der Waals surface area contributed by atoms with Crippen molar-refractivity contribution in [3.05, 3.63) is 79.6 Å². The molecule has 2 aromatic rings. The van der Waals surface area contributed by atoms with Gasteiger partial charge >= 0.3 is 0 Å². The van der Waals surface area contributed by atoms with Crippen molar-refractivity contribution in [2.45, 2.75) is 115 Å². The molecule has 2 aliphatic carbocycles. The first-order valence-electron chi connectivity index (χ1n) is 22.8. The molecule has 0 radical (unpaired) electrons. The van der Waals surface area contributed by atoms with Gasteiger partial charge in [0.25, 0.3) is 11.1 Å². The Morgan fingerprint density at radius 3 is 1.30 bits per heavy atom. The van der Waals surface area contributed by atoms with Crippen LogP contribution in [0.15, 0.2) is 46.0 Å². The van der Waals surface area contributed by atoms with E-state index in [1.807, 2.05) is 59.4 Å². The fourth-order valence-corrected chi connectivity index (χ4v) is 12.1. The summed E-state index contributed by atoms with van der Waals surface area (Å²) in [6.07, 6.45) is 19.9. The summed E-state index contributed by atoms with van der Waals surface area (Å²) in [5.74, 6) is 1.16. The molecule has 8 atom stereocenters. The predicted molar refractivity (Wildman–Crippen MR) is 236 cm³/mol. The highest BCUT2D eigenvalue weighted by Crippen LogP contribution is 2.51. The molecule has 2 amide bonds. The van der Waals surface area contributed by atoms with E-state index in [2.05, 4.69) is 21.9 Å². The zero-order valence-corrected chi connectivity index (χ0v) is 36.9. The summed E-state index contributed by atoms with van der Waals surface area (Å²) in [5.41, 5.74) is 3.46. The number of likely N-dealkylation sites (N-methyl/N-ethyl adjacent to an activating group) is 2. The molecule has 0 bridgehead atoms. The Kier molecular flexibility index (Phi) is 14.0. The van der Waals surface area contributed by atoms with Gasteiger partial charge in [-0.15, -0.1) is 0 Å². The number of pyridine rings is 2. The third kappa shape index (κ3) is 8.26. The number of nitrogens with zero attached hydrogens (tertiary/aromatic N) is 6. The molecule has 4 fully saturated rings. The summed E-state index contributed by atoms with van der Waals surface area (Å²) in [5, 5.41) is 20.7. The normalized spacial score (nSPS) is 29.3. The standard InChI is InChI=1S/2C24H35N3O3/c2*1-4-8-17-11-12-20-21-18(14-26(20)23(17)29)19(15-28)22(24(30)25(2)3)27(21)13-16-9-6-5-7-10-16/h2*4,8,11-12,16,18-19,21-22,28H,5-7,9-10,13-15H2,1-3H3/b8-4+;8-4-/t2*18-,19-,21+,22-/m11/s1. The molecule has 2 aromatic heterocycles. The quantitative estimate of drug-likeness (QED) is 0.342. The van der Waals surface area contributed by atoms with E-state index in [-0.39, 0.29) is 84.0 Å². The molecule has 0 unspecified atom stereocenters. The van der Waals surface area contributed by atoms with Gasteiger partial charge in [0.05, 0.1) is 24.2 Å². The number of carbonyl (C=O) groups excluding carboxylic acids is 2. The summed E-state index contributed by atoms with van der Waals surface area (Å²) in [6, 6.07) is 7.34. The zero-order chi connectivity index (χ0) is 42.8. The molecule has 328 valence electrons. The van der Waals surface area contributed by atoms with Crippen LogP contribution in [0.5, 0.6) is 0 Å². The van der Waals surface area contributed by atoms with Crippen molar-refractivity contribution in [3.63, 3.8) is 0 Å². The Hall–Kier alpha value is -3.84. The lowest BCUT2D eigenvalue weighted by atomic mass is 9.88. The number of likely N-dealkylation sites (tertiary alicyclic amines) is 2.